The Morgan fingerprint density at radius 2 is 2.13 bits per heavy atom. The summed E-state index contributed by atoms with van der Waals surface area (Å²) in [5.74, 6) is -0.0489. The number of aromatic nitrogens is 3. The quantitative estimate of drug-likeness (QED) is 0.791. The average molecular weight is 334 g/mol. The van der Waals surface area contributed by atoms with Crippen LogP contribution in [0.25, 0.3) is 10.7 Å². The van der Waals surface area contributed by atoms with Gasteiger partial charge < -0.3 is 15.5 Å². The fourth-order valence-electron chi connectivity index (χ4n) is 2.47. The van der Waals surface area contributed by atoms with Crippen LogP contribution >= 0.6 is 11.3 Å². The number of hydrogen-bond acceptors (Lipinski definition) is 5. The van der Waals surface area contributed by atoms with Crippen molar-refractivity contribution in [3.63, 3.8) is 0 Å². The van der Waals surface area contributed by atoms with E-state index in [0.717, 1.165) is 37.4 Å². The molecule has 122 valence electrons. The molecule has 3 amide bonds. The third kappa shape index (κ3) is 3.86. The second kappa shape index (κ2) is 7.23. The number of H-pyrrole nitrogens is 1. The number of aromatic amines is 1. The lowest BCUT2D eigenvalue weighted by molar-refractivity contribution is -0.130. The maximum Gasteiger partial charge on any atom is 0.319 e. The summed E-state index contributed by atoms with van der Waals surface area (Å²) >= 11 is 1.44. The summed E-state index contributed by atoms with van der Waals surface area (Å²) in [6.07, 6.45) is 6.43. The highest BCUT2D eigenvalue weighted by molar-refractivity contribution is 7.13. The number of nitrogens with one attached hydrogen (secondary N) is 3. The summed E-state index contributed by atoms with van der Waals surface area (Å²) < 4.78 is 0. The van der Waals surface area contributed by atoms with Crippen LogP contribution < -0.4 is 10.6 Å². The highest BCUT2D eigenvalue weighted by atomic mass is 32.1. The molecular formula is C14H18N6O2S. The third-order valence-corrected chi connectivity index (χ3v) is 4.43. The topological polar surface area (TPSA) is 103 Å². The van der Waals surface area contributed by atoms with Gasteiger partial charge in [0, 0.05) is 24.7 Å². The zero-order chi connectivity index (χ0) is 16.1. The van der Waals surface area contributed by atoms with Gasteiger partial charge in [0.25, 0.3) is 0 Å². The van der Waals surface area contributed by atoms with E-state index in [1.54, 1.807) is 11.1 Å². The van der Waals surface area contributed by atoms with Crippen LogP contribution in [0.4, 0.5) is 10.5 Å². The van der Waals surface area contributed by atoms with Gasteiger partial charge in [-0.3, -0.25) is 9.89 Å². The fourth-order valence-corrected chi connectivity index (χ4v) is 3.11. The number of rotatable bonds is 4. The molecule has 3 N–H and O–H groups in total. The van der Waals surface area contributed by atoms with E-state index in [4.69, 9.17) is 0 Å². The molecule has 8 nitrogen and oxygen atoms in total. The predicted molar refractivity (Wildman–Crippen MR) is 87.1 cm³/mol. The minimum atomic E-state index is -0.436. The highest BCUT2D eigenvalue weighted by Gasteiger charge is 2.17. The van der Waals surface area contributed by atoms with E-state index >= 15 is 0 Å². The van der Waals surface area contributed by atoms with Gasteiger partial charge >= 0.3 is 6.03 Å². The molecule has 1 aliphatic heterocycles. The molecule has 1 saturated heterocycles. The molecular weight excluding hydrogens is 316 g/mol. The summed E-state index contributed by atoms with van der Waals surface area (Å²) in [6.45, 7) is 1.55. The standard InChI is InChI=1S/C14H18N6O2S/c21-11(20-5-2-1-3-6-20)9-16-14(22)18-10-8-17-19-12(10)13-15-4-7-23-13/h4,7-8H,1-3,5-6,9H2,(H,17,19)(H2,16,18,22). The summed E-state index contributed by atoms with van der Waals surface area (Å²) in [4.78, 5) is 30.0. The van der Waals surface area contributed by atoms with Gasteiger partial charge in [-0.2, -0.15) is 5.10 Å². The molecule has 1 aliphatic rings. The van der Waals surface area contributed by atoms with Crippen LogP contribution in [0.5, 0.6) is 0 Å². The van der Waals surface area contributed by atoms with Crippen LogP contribution in [-0.4, -0.2) is 51.7 Å². The van der Waals surface area contributed by atoms with Gasteiger partial charge in [-0.05, 0) is 19.3 Å². The van der Waals surface area contributed by atoms with Crippen LogP contribution in [0.2, 0.25) is 0 Å². The first-order chi connectivity index (χ1) is 11.2. The van der Waals surface area contributed by atoms with E-state index < -0.39 is 6.03 Å². The summed E-state index contributed by atoms with van der Waals surface area (Å²) in [6, 6.07) is -0.436. The minimum Gasteiger partial charge on any atom is -0.341 e. The van der Waals surface area contributed by atoms with E-state index in [0.29, 0.717) is 11.4 Å². The number of piperidine rings is 1. The number of anilines is 1. The molecule has 0 aromatic carbocycles. The minimum absolute atomic E-state index is 0.00370. The maximum atomic E-state index is 12.0. The molecule has 3 rings (SSSR count). The number of thiazole rings is 1. The summed E-state index contributed by atoms with van der Waals surface area (Å²) in [7, 11) is 0. The molecule has 0 bridgehead atoms. The third-order valence-electron chi connectivity index (χ3n) is 3.64. The molecule has 2 aromatic rings. The largest absolute Gasteiger partial charge is 0.341 e. The van der Waals surface area contributed by atoms with Gasteiger partial charge in [-0.15, -0.1) is 11.3 Å². The smallest absolute Gasteiger partial charge is 0.319 e. The van der Waals surface area contributed by atoms with Crippen molar-refractivity contribution in [1.82, 2.24) is 25.4 Å². The monoisotopic (exact) mass is 334 g/mol. The van der Waals surface area contributed by atoms with E-state index in [1.807, 2.05) is 5.38 Å². The van der Waals surface area contributed by atoms with Crippen molar-refractivity contribution in [2.75, 3.05) is 25.0 Å². The van der Waals surface area contributed by atoms with Crippen molar-refractivity contribution in [1.29, 1.82) is 0 Å². The lowest BCUT2D eigenvalue weighted by Crippen LogP contribution is -2.43. The Morgan fingerprint density at radius 3 is 2.87 bits per heavy atom. The number of hydrogen-bond donors (Lipinski definition) is 3. The molecule has 2 aromatic heterocycles. The normalized spacial score (nSPS) is 14.5. The molecule has 0 saturated carbocycles. The Morgan fingerprint density at radius 1 is 1.30 bits per heavy atom. The zero-order valence-corrected chi connectivity index (χ0v) is 13.4. The number of urea groups is 1. The lowest BCUT2D eigenvalue weighted by atomic mass is 10.1. The van der Waals surface area contributed by atoms with Crippen LogP contribution in [0, 0.1) is 0 Å². The zero-order valence-electron chi connectivity index (χ0n) is 12.5. The van der Waals surface area contributed by atoms with Gasteiger partial charge in [0.05, 0.1) is 18.4 Å². The van der Waals surface area contributed by atoms with E-state index in [1.165, 1.54) is 17.5 Å². The van der Waals surface area contributed by atoms with Gasteiger partial charge in [-0.1, -0.05) is 0 Å². The van der Waals surface area contributed by atoms with Crippen molar-refractivity contribution in [3.05, 3.63) is 17.8 Å². The first-order valence-electron chi connectivity index (χ1n) is 7.50. The Hall–Kier alpha value is -2.42. The molecule has 9 heteroatoms. The van der Waals surface area contributed by atoms with Gasteiger partial charge in [0.2, 0.25) is 5.91 Å². The molecule has 23 heavy (non-hydrogen) atoms. The number of carbonyl (C=O) groups is 2. The molecule has 1 fully saturated rings. The van der Waals surface area contributed by atoms with E-state index in [-0.39, 0.29) is 12.5 Å². The molecule has 0 aliphatic carbocycles. The van der Waals surface area contributed by atoms with Crippen molar-refractivity contribution in [2.45, 2.75) is 19.3 Å². The molecule has 0 radical (unpaired) electrons. The number of carbonyl (C=O) groups excluding carboxylic acids is 2. The molecule has 0 atom stereocenters. The van der Waals surface area contributed by atoms with Crippen LogP contribution in [0.15, 0.2) is 17.8 Å². The second-order valence-electron chi connectivity index (χ2n) is 5.25. The molecule has 3 heterocycles. The van der Waals surface area contributed by atoms with Gasteiger partial charge in [-0.25, -0.2) is 9.78 Å². The van der Waals surface area contributed by atoms with Crippen LogP contribution in [0.3, 0.4) is 0 Å². The van der Waals surface area contributed by atoms with Crippen LogP contribution in [-0.2, 0) is 4.79 Å². The second-order valence-corrected chi connectivity index (χ2v) is 6.14. The van der Waals surface area contributed by atoms with Crippen LogP contribution in [0.1, 0.15) is 19.3 Å². The Bertz CT molecular complexity index is 663. The van der Waals surface area contributed by atoms with E-state index in [2.05, 4.69) is 25.8 Å². The van der Waals surface area contributed by atoms with Crippen molar-refractivity contribution < 1.29 is 9.59 Å². The Labute approximate surface area is 137 Å². The molecule has 0 spiro atoms. The SMILES string of the molecule is O=C(NCC(=O)N1CCCCC1)Nc1cn[nH]c1-c1nccs1. The van der Waals surface area contributed by atoms with Gasteiger partial charge in [0.15, 0.2) is 0 Å². The predicted octanol–water partition coefficient (Wildman–Crippen LogP) is 1.67. The summed E-state index contributed by atoms with van der Waals surface area (Å²) in [5.41, 5.74) is 1.18. The first-order valence-corrected chi connectivity index (χ1v) is 8.38. The lowest BCUT2D eigenvalue weighted by Gasteiger charge is -2.26. The first kappa shape index (κ1) is 15.5. The average Bonchev–Trinajstić information content (AvgIpc) is 3.24. The highest BCUT2D eigenvalue weighted by Crippen LogP contribution is 2.26. The number of likely N-dealkylation sites (tertiary alicyclic amines) is 1. The maximum absolute atomic E-state index is 12.0. The number of nitrogens with zero attached hydrogens (tertiary/aromatic N) is 3. The van der Waals surface area contributed by atoms with Crippen molar-refractivity contribution in [2.24, 2.45) is 0 Å². The Balaban J connectivity index is 1.52. The Kier molecular flexibility index (Phi) is 4.86. The number of amides is 3. The van der Waals surface area contributed by atoms with E-state index in [9.17, 15) is 9.59 Å². The fraction of sp³-hybridized carbons (Fsp3) is 0.429. The van der Waals surface area contributed by atoms with Crippen molar-refractivity contribution >= 4 is 29.0 Å². The van der Waals surface area contributed by atoms with Crippen molar-refractivity contribution in [3.8, 4) is 10.7 Å². The van der Waals surface area contributed by atoms with Gasteiger partial charge in [0.1, 0.15) is 10.7 Å². The molecule has 0 unspecified atom stereocenters. The summed E-state index contributed by atoms with van der Waals surface area (Å²) in [5, 5.41) is 14.6.